The predicted octanol–water partition coefficient (Wildman–Crippen LogP) is 1.84. The van der Waals surface area contributed by atoms with Gasteiger partial charge < -0.3 is 5.73 Å². The van der Waals surface area contributed by atoms with E-state index in [2.05, 4.69) is 19.9 Å². The lowest BCUT2D eigenvalue weighted by Crippen LogP contribution is -2.15. The van der Waals surface area contributed by atoms with Gasteiger partial charge in [-0.05, 0) is 44.2 Å². The topological polar surface area (TPSA) is 101 Å². The molecule has 0 fully saturated rings. The zero-order valence-corrected chi connectivity index (χ0v) is 13.3. The van der Waals surface area contributed by atoms with E-state index in [9.17, 15) is 4.79 Å². The molecule has 7 nitrogen and oxygen atoms in total. The van der Waals surface area contributed by atoms with E-state index in [1.807, 2.05) is 36.4 Å². The lowest BCUT2D eigenvalue weighted by atomic mass is 10.2. The highest BCUT2D eigenvalue weighted by atomic mass is 16.1. The molecular formula is C17H16N6O. The highest BCUT2D eigenvalue weighted by Gasteiger charge is 2.12. The first kappa shape index (κ1) is 14.4. The lowest BCUT2D eigenvalue weighted by molar-refractivity contribution is 0.834. The van der Waals surface area contributed by atoms with E-state index in [0.717, 1.165) is 16.6 Å². The summed E-state index contributed by atoms with van der Waals surface area (Å²) in [4.78, 5) is 28.2. The molecular weight excluding hydrogens is 304 g/mol. The number of hydrogen-bond acceptors (Lipinski definition) is 4. The second-order valence-corrected chi connectivity index (χ2v) is 5.91. The maximum absolute atomic E-state index is 12.2. The highest BCUT2D eigenvalue weighted by Crippen LogP contribution is 2.20. The first-order chi connectivity index (χ1) is 11.5. The Kier molecular flexibility index (Phi) is 3.09. The number of pyridine rings is 1. The minimum Gasteiger partial charge on any atom is -0.383 e. The van der Waals surface area contributed by atoms with Crippen molar-refractivity contribution in [1.29, 1.82) is 0 Å². The molecule has 7 heteroatoms. The van der Waals surface area contributed by atoms with Gasteiger partial charge in [-0.2, -0.15) is 0 Å². The van der Waals surface area contributed by atoms with Gasteiger partial charge in [-0.1, -0.05) is 0 Å². The molecule has 4 rings (SSSR count). The van der Waals surface area contributed by atoms with Gasteiger partial charge in [0, 0.05) is 17.8 Å². The van der Waals surface area contributed by atoms with Crippen LogP contribution in [0, 0.1) is 0 Å². The number of nitrogens with two attached hydrogens (primary N) is 1. The fraction of sp³-hybridized carbons (Fsp3) is 0.176. The summed E-state index contributed by atoms with van der Waals surface area (Å²) in [7, 11) is 0. The van der Waals surface area contributed by atoms with Gasteiger partial charge in [0.15, 0.2) is 5.65 Å². The number of nitrogens with one attached hydrogen (secondary N) is 1. The van der Waals surface area contributed by atoms with Crippen molar-refractivity contribution in [2.24, 2.45) is 10.7 Å². The second kappa shape index (κ2) is 5.16. The number of rotatable bonds is 2. The second-order valence-electron chi connectivity index (χ2n) is 5.91. The molecule has 0 atom stereocenters. The van der Waals surface area contributed by atoms with Crippen LogP contribution in [0.1, 0.15) is 19.4 Å². The van der Waals surface area contributed by atoms with Gasteiger partial charge in [-0.15, -0.1) is 0 Å². The van der Waals surface area contributed by atoms with Crippen molar-refractivity contribution >= 4 is 33.7 Å². The van der Waals surface area contributed by atoms with Crippen molar-refractivity contribution in [2.45, 2.75) is 19.9 Å². The SMILES string of the molecule is CC(C)N=C(N)c1ccc2c(c1)nc1[nH]c(=O)c3cccnc3n12. The largest absolute Gasteiger partial charge is 0.383 e. The third kappa shape index (κ3) is 2.13. The van der Waals surface area contributed by atoms with E-state index in [4.69, 9.17) is 5.73 Å². The molecule has 0 aliphatic rings. The summed E-state index contributed by atoms with van der Waals surface area (Å²) in [5.41, 5.74) is 8.80. The lowest BCUT2D eigenvalue weighted by Gasteiger charge is -2.04. The molecule has 1 aromatic carbocycles. The minimum atomic E-state index is -0.206. The fourth-order valence-electron chi connectivity index (χ4n) is 2.81. The number of fused-ring (bicyclic) bond motifs is 5. The first-order valence-electron chi connectivity index (χ1n) is 7.67. The van der Waals surface area contributed by atoms with E-state index in [1.54, 1.807) is 18.3 Å². The molecule has 0 aliphatic carbocycles. The summed E-state index contributed by atoms with van der Waals surface area (Å²) in [6.45, 7) is 3.94. The van der Waals surface area contributed by atoms with Gasteiger partial charge >= 0.3 is 0 Å². The van der Waals surface area contributed by atoms with Gasteiger partial charge in [0.2, 0.25) is 5.78 Å². The average Bonchev–Trinajstić information content (AvgIpc) is 2.91. The predicted molar refractivity (Wildman–Crippen MR) is 94.5 cm³/mol. The Morgan fingerprint density at radius 3 is 2.96 bits per heavy atom. The Balaban J connectivity index is 2.06. The van der Waals surface area contributed by atoms with Crippen LogP contribution in [0.2, 0.25) is 0 Å². The number of aromatic amines is 1. The van der Waals surface area contributed by atoms with Crippen LogP contribution in [0.25, 0.3) is 27.8 Å². The Morgan fingerprint density at radius 2 is 2.17 bits per heavy atom. The normalized spacial score (nSPS) is 12.7. The summed E-state index contributed by atoms with van der Waals surface area (Å²) < 4.78 is 1.84. The molecule has 24 heavy (non-hydrogen) atoms. The van der Waals surface area contributed by atoms with Gasteiger partial charge in [0.1, 0.15) is 5.84 Å². The van der Waals surface area contributed by atoms with Crippen LogP contribution >= 0.6 is 0 Å². The van der Waals surface area contributed by atoms with Gasteiger partial charge in [0.05, 0.1) is 16.4 Å². The molecule has 0 radical (unpaired) electrons. The summed E-state index contributed by atoms with van der Waals surface area (Å²) >= 11 is 0. The van der Waals surface area contributed by atoms with E-state index < -0.39 is 0 Å². The van der Waals surface area contributed by atoms with E-state index in [-0.39, 0.29) is 11.6 Å². The van der Waals surface area contributed by atoms with Crippen LogP contribution in [0.4, 0.5) is 0 Å². The Labute approximate surface area is 136 Å². The number of imidazole rings is 1. The number of benzene rings is 1. The summed E-state index contributed by atoms with van der Waals surface area (Å²) in [5.74, 6) is 0.929. The smallest absolute Gasteiger partial charge is 0.261 e. The van der Waals surface area contributed by atoms with Crippen molar-refractivity contribution in [1.82, 2.24) is 19.4 Å². The van der Waals surface area contributed by atoms with E-state index in [1.165, 1.54) is 0 Å². The Morgan fingerprint density at radius 1 is 1.33 bits per heavy atom. The molecule has 0 bridgehead atoms. The summed E-state index contributed by atoms with van der Waals surface area (Å²) in [5, 5.41) is 0.522. The molecule has 0 unspecified atom stereocenters. The molecule has 0 saturated carbocycles. The number of aliphatic imine (C=N–C) groups is 1. The molecule has 3 aromatic heterocycles. The molecule has 120 valence electrons. The quantitative estimate of drug-likeness (QED) is 0.434. The minimum absolute atomic E-state index is 0.117. The van der Waals surface area contributed by atoms with Crippen LogP contribution in [-0.4, -0.2) is 31.2 Å². The molecule has 3 N–H and O–H groups in total. The highest BCUT2D eigenvalue weighted by molar-refractivity contribution is 6.01. The van der Waals surface area contributed by atoms with Gasteiger partial charge in [-0.3, -0.25) is 19.2 Å². The van der Waals surface area contributed by atoms with Crippen LogP contribution < -0.4 is 11.3 Å². The average molecular weight is 320 g/mol. The van der Waals surface area contributed by atoms with Crippen molar-refractivity contribution in [3.8, 4) is 0 Å². The molecule has 3 heterocycles. The molecule has 0 aliphatic heterocycles. The number of hydrogen-bond donors (Lipinski definition) is 2. The molecule has 4 aromatic rings. The molecule has 0 saturated heterocycles. The number of nitrogens with zero attached hydrogens (tertiary/aromatic N) is 4. The standard InChI is InChI=1S/C17H16N6O/c1-9(2)20-14(18)10-5-6-13-12(8-10)21-17-22-16(24)11-4-3-7-19-15(11)23(13)17/h3-9H,1-2H3,(H2,18,20)(H,21,22,24). The van der Waals surface area contributed by atoms with Crippen molar-refractivity contribution in [3.63, 3.8) is 0 Å². The number of amidine groups is 1. The summed E-state index contributed by atoms with van der Waals surface area (Å²) in [6, 6.07) is 9.29. The zero-order valence-electron chi connectivity index (χ0n) is 13.3. The fourth-order valence-corrected chi connectivity index (χ4v) is 2.81. The Bertz CT molecular complexity index is 1170. The summed E-state index contributed by atoms with van der Waals surface area (Å²) in [6.07, 6.45) is 1.66. The van der Waals surface area contributed by atoms with E-state index in [0.29, 0.717) is 22.6 Å². The van der Waals surface area contributed by atoms with Crippen LogP contribution in [-0.2, 0) is 0 Å². The van der Waals surface area contributed by atoms with Crippen molar-refractivity contribution in [2.75, 3.05) is 0 Å². The maximum atomic E-state index is 12.2. The third-order valence-corrected chi connectivity index (χ3v) is 3.82. The van der Waals surface area contributed by atoms with Crippen molar-refractivity contribution in [3.05, 3.63) is 52.4 Å². The van der Waals surface area contributed by atoms with Gasteiger partial charge in [-0.25, -0.2) is 9.97 Å². The third-order valence-electron chi connectivity index (χ3n) is 3.82. The van der Waals surface area contributed by atoms with Crippen LogP contribution in [0.5, 0.6) is 0 Å². The molecule has 0 amide bonds. The van der Waals surface area contributed by atoms with Crippen LogP contribution in [0.3, 0.4) is 0 Å². The first-order valence-corrected chi connectivity index (χ1v) is 7.67. The number of aromatic nitrogens is 4. The van der Waals surface area contributed by atoms with Crippen LogP contribution in [0.15, 0.2) is 46.3 Å². The van der Waals surface area contributed by atoms with E-state index >= 15 is 0 Å². The Hall–Kier alpha value is -3.22. The maximum Gasteiger partial charge on any atom is 0.261 e. The molecule has 0 spiro atoms. The monoisotopic (exact) mass is 320 g/mol. The van der Waals surface area contributed by atoms with Gasteiger partial charge in [0.25, 0.3) is 5.56 Å². The number of H-pyrrole nitrogens is 1. The van der Waals surface area contributed by atoms with Crippen molar-refractivity contribution < 1.29 is 0 Å². The zero-order chi connectivity index (χ0) is 16.8.